The van der Waals surface area contributed by atoms with E-state index in [1.807, 2.05) is 12.1 Å². The molecule has 29 heavy (non-hydrogen) atoms. The molecule has 3 atom stereocenters. The third-order valence-electron chi connectivity index (χ3n) is 4.90. The lowest BCUT2D eigenvalue weighted by Crippen LogP contribution is -2.41. The van der Waals surface area contributed by atoms with E-state index < -0.39 is 18.2 Å². The number of carbonyl (C=O) groups is 1. The van der Waals surface area contributed by atoms with E-state index in [2.05, 4.69) is 42.9 Å². The number of aromatic nitrogens is 2. The normalized spacial score (nSPS) is 18.6. The van der Waals surface area contributed by atoms with Gasteiger partial charge in [-0.15, -0.1) is 0 Å². The second-order valence-electron chi connectivity index (χ2n) is 7.97. The highest BCUT2D eigenvalue weighted by Crippen LogP contribution is 2.26. The van der Waals surface area contributed by atoms with Crippen LogP contribution in [0.1, 0.15) is 45.0 Å². The van der Waals surface area contributed by atoms with Crippen LogP contribution in [0.5, 0.6) is 5.75 Å². The molecule has 0 radical (unpaired) electrons. The second kappa shape index (κ2) is 9.22. The predicted octanol–water partition coefficient (Wildman–Crippen LogP) is 3.56. The number of benzene rings is 1. The summed E-state index contributed by atoms with van der Waals surface area (Å²) >= 11 is 0. The van der Waals surface area contributed by atoms with Crippen LogP contribution in [-0.4, -0.2) is 46.5 Å². The molecule has 156 valence electrons. The lowest BCUT2D eigenvalue weighted by atomic mass is 9.97. The van der Waals surface area contributed by atoms with Crippen molar-refractivity contribution in [3.8, 4) is 5.75 Å². The van der Waals surface area contributed by atoms with Crippen LogP contribution < -0.4 is 9.64 Å². The molecule has 0 aliphatic carbocycles. The Morgan fingerprint density at radius 2 is 2.07 bits per heavy atom. The van der Waals surface area contributed by atoms with Crippen LogP contribution in [-0.2, 0) is 11.2 Å². The Labute approximate surface area is 171 Å². The fourth-order valence-electron chi connectivity index (χ4n) is 3.24. The Hall–Kier alpha value is -2.67. The summed E-state index contributed by atoms with van der Waals surface area (Å²) < 4.78 is 10.9. The molecule has 0 spiro atoms. The van der Waals surface area contributed by atoms with Gasteiger partial charge in [-0.2, -0.15) is 0 Å². The summed E-state index contributed by atoms with van der Waals surface area (Å²) in [7, 11) is 0. The van der Waals surface area contributed by atoms with Crippen molar-refractivity contribution in [2.75, 3.05) is 18.1 Å². The molecule has 1 amide bonds. The van der Waals surface area contributed by atoms with Crippen molar-refractivity contribution in [1.82, 2.24) is 9.97 Å². The molecule has 1 aliphatic rings. The van der Waals surface area contributed by atoms with E-state index in [9.17, 15) is 9.90 Å². The van der Waals surface area contributed by atoms with Gasteiger partial charge in [0.15, 0.2) is 0 Å². The fraction of sp³-hybridized carbons (Fsp3) is 0.500. The van der Waals surface area contributed by atoms with E-state index in [4.69, 9.17) is 9.47 Å². The van der Waals surface area contributed by atoms with Gasteiger partial charge in [0.2, 0.25) is 0 Å². The number of nitrogens with zero attached hydrogens (tertiary/aromatic N) is 3. The Morgan fingerprint density at radius 3 is 2.79 bits per heavy atom. The maximum atomic E-state index is 12.1. The smallest absolute Gasteiger partial charge is 0.416 e. The summed E-state index contributed by atoms with van der Waals surface area (Å²) in [5.41, 5.74) is 1.14. The molecule has 2 aromatic rings. The standard InChI is InChI=1S/C22H29N3O4/c1-14(2)12-28-18-7-5-6-17(11-18)15(3)10-20-23-9-8-21(24-20)25-19(16(4)26)13-29-22(25)27/h5-9,11,14-16,19,26H,10,12-13H2,1-4H3/t15-,16-,19-/m1/s1. The fourth-order valence-corrected chi connectivity index (χ4v) is 3.24. The second-order valence-corrected chi connectivity index (χ2v) is 7.97. The highest BCUT2D eigenvalue weighted by molar-refractivity contribution is 5.89. The summed E-state index contributed by atoms with van der Waals surface area (Å²) in [6.45, 7) is 8.82. The Kier molecular flexibility index (Phi) is 6.69. The average molecular weight is 399 g/mol. The topological polar surface area (TPSA) is 84.8 Å². The number of aliphatic hydroxyl groups excluding tert-OH is 1. The number of ether oxygens (including phenoxy) is 2. The Balaban J connectivity index is 1.73. The van der Waals surface area contributed by atoms with Crippen molar-refractivity contribution in [1.29, 1.82) is 0 Å². The number of amides is 1. The lowest BCUT2D eigenvalue weighted by molar-refractivity contribution is 0.142. The van der Waals surface area contributed by atoms with Crippen LogP contribution in [0.15, 0.2) is 36.5 Å². The largest absolute Gasteiger partial charge is 0.493 e. The van der Waals surface area contributed by atoms with E-state index in [1.165, 1.54) is 4.90 Å². The van der Waals surface area contributed by atoms with Crippen LogP contribution in [0.4, 0.5) is 10.6 Å². The Morgan fingerprint density at radius 1 is 1.28 bits per heavy atom. The highest BCUT2D eigenvalue weighted by atomic mass is 16.6. The number of hydrogen-bond donors (Lipinski definition) is 1. The molecule has 0 bridgehead atoms. The summed E-state index contributed by atoms with van der Waals surface area (Å²) in [6, 6.07) is 9.29. The first kappa shape index (κ1) is 21.0. The van der Waals surface area contributed by atoms with Gasteiger partial charge in [-0.25, -0.2) is 14.8 Å². The van der Waals surface area contributed by atoms with Gasteiger partial charge >= 0.3 is 6.09 Å². The van der Waals surface area contributed by atoms with Gasteiger partial charge in [0.05, 0.1) is 12.7 Å². The van der Waals surface area contributed by atoms with Crippen LogP contribution in [0.2, 0.25) is 0 Å². The van der Waals surface area contributed by atoms with Gasteiger partial charge in [-0.3, -0.25) is 4.90 Å². The van der Waals surface area contributed by atoms with Crippen molar-refractivity contribution in [2.45, 2.75) is 52.2 Å². The first-order valence-corrected chi connectivity index (χ1v) is 10.0. The molecule has 7 heteroatoms. The lowest BCUT2D eigenvalue weighted by Gasteiger charge is -2.22. The number of aliphatic hydroxyl groups is 1. The van der Waals surface area contributed by atoms with Crippen molar-refractivity contribution < 1.29 is 19.4 Å². The molecular weight excluding hydrogens is 370 g/mol. The molecule has 7 nitrogen and oxygen atoms in total. The summed E-state index contributed by atoms with van der Waals surface area (Å²) in [6.07, 6.45) is 1.04. The number of cyclic esters (lactones) is 1. The van der Waals surface area contributed by atoms with E-state index in [1.54, 1.807) is 19.2 Å². The molecular formula is C22H29N3O4. The summed E-state index contributed by atoms with van der Waals surface area (Å²) in [5.74, 6) is 2.58. The van der Waals surface area contributed by atoms with Gasteiger partial charge in [0.1, 0.15) is 30.0 Å². The van der Waals surface area contributed by atoms with Crippen molar-refractivity contribution in [3.63, 3.8) is 0 Å². The van der Waals surface area contributed by atoms with Gasteiger partial charge in [-0.1, -0.05) is 32.9 Å². The molecule has 1 aliphatic heterocycles. The van der Waals surface area contributed by atoms with Gasteiger partial charge < -0.3 is 14.6 Å². The van der Waals surface area contributed by atoms with Crippen LogP contribution in [0, 0.1) is 5.92 Å². The molecule has 2 heterocycles. The molecule has 1 saturated heterocycles. The first-order valence-electron chi connectivity index (χ1n) is 10.0. The Bertz CT molecular complexity index is 840. The molecule has 0 saturated carbocycles. The summed E-state index contributed by atoms with van der Waals surface area (Å²) in [5, 5.41) is 9.94. The highest BCUT2D eigenvalue weighted by Gasteiger charge is 2.38. The van der Waals surface area contributed by atoms with Crippen LogP contribution in [0.25, 0.3) is 0 Å². The molecule has 1 fully saturated rings. The van der Waals surface area contributed by atoms with Gasteiger partial charge in [0, 0.05) is 12.6 Å². The minimum Gasteiger partial charge on any atom is -0.493 e. The van der Waals surface area contributed by atoms with Crippen molar-refractivity contribution in [3.05, 3.63) is 47.9 Å². The zero-order chi connectivity index (χ0) is 21.0. The molecule has 1 N–H and O–H groups in total. The zero-order valence-corrected chi connectivity index (χ0v) is 17.4. The number of rotatable bonds is 8. The van der Waals surface area contributed by atoms with E-state index in [0.29, 0.717) is 30.6 Å². The molecule has 1 aromatic carbocycles. The minimum atomic E-state index is -0.715. The van der Waals surface area contributed by atoms with Crippen molar-refractivity contribution in [2.24, 2.45) is 5.92 Å². The number of hydrogen-bond acceptors (Lipinski definition) is 6. The maximum absolute atomic E-state index is 12.1. The third-order valence-corrected chi connectivity index (χ3v) is 4.90. The van der Waals surface area contributed by atoms with Crippen molar-refractivity contribution >= 4 is 11.9 Å². The molecule has 1 aromatic heterocycles. The van der Waals surface area contributed by atoms with Gasteiger partial charge in [-0.05, 0) is 42.5 Å². The van der Waals surface area contributed by atoms with Crippen LogP contribution >= 0.6 is 0 Å². The van der Waals surface area contributed by atoms with E-state index in [0.717, 1.165) is 11.3 Å². The minimum absolute atomic E-state index is 0.148. The molecule has 0 unspecified atom stereocenters. The number of anilines is 1. The van der Waals surface area contributed by atoms with Gasteiger partial charge in [0.25, 0.3) is 0 Å². The number of carbonyl (C=O) groups excluding carboxylic acids is 1. The van der Waals surface area contributed by atoms with E-state index >= 15 is 0 Å². The molecule has 3 rings (SSSR count). The maximum Gasteiger partial charge on any atom is 0.416 e. The average Bonchev–Trinajstić information content (AvgIpc) is 3.08. The third kappa shape index (κ3) is 5.23. The monoisotopic (exact) mass is 399 g/mol. The van der Waals surface area contributed by atoms with E-state index in [-0.39, 0.29) is 12.5 Å². The predicted molar refractivity (Wildman–Crippen MR) is 110 cm³/mol. The SMILES string of the molecule is CC(C)COc1cccc([C@H](C)Cc2nccc(N3C(=O)OC[C@@H]3[C@@H](C)O)n2)c1. The quantitative estimate of drug-likeness (QED) is 0.731. The summed E-state index contributed by atoms with van der Waals surface area (Å²) in [4.78, 5) is 22.4. The van der Waals surface area contributed by atoms with Crippen LogP contribution in [0.3, 0.4) is 0 Å². The first-order chi connectivity index (χ1) is 13.8. The zero-order valence-electron chi connectivity index (χ0n) is 17.4.